The maximum absolute atomic E-state index is 5.55. The van der Waals surface area contributed by atoms with Gasteiger partial charge in [0.25, 0.3) is 5.89 Å². The van der Waals surface area contributed by atoms with Crippen LogP contribution in [0, 0.1) is 0 Å². The third-order valence-electron chi connectivity index (χ3n) is 3.47. The van der Waals surface area contributed by atoms with E-state index in [0.717, 1.165) is 25.3 Å². The Labute approximate surface area is 124 Å². The number of benzene rings is 1. The molecule has 0 spiro atoms. The number of aromatic nitrogens is 2. The van der Waals surface area contributed by atoms with E-state index in [-0.39, 0.29) is 0 Å². The molecule has 1 N–H and O–H groups in total. The molecule has 5 nitrogen and oxygen atoms in total. The summed E-state index contributed by atoms with van der Waals surface area (Å²) in [4.78, 5) is 4.33. The van der Waals surface area contributed by atoms with Gasteiger partial charge in [0.2, 0.25) is 0 Å². The molecule has 5 heteroatoms. The number of hydrogen-bond donors (Lipinski definition) is 1. The van der Waals surface area contributed by atoms with Crippen LogP contribution in [-0.4, -0.2) is 23.3 Å². The maximum atomic E-state index is 5.55. The van der Waals surface area contributed by atoms with E-state index in [1.165, 1.54) is 18.4 Å². The van der Waals surface area contributed by atoms with Crippen LogP contribution in [0.4, 0.5) is 0 Å². The quantitative estimate of drug-likeness (QED) is 0.718. The van der Waals surface area contributed by atoms with Gasteiger partial charge in [0.15, 0.2) is 5.82 Å². The Morgan fingerprint density at radius 1 is 1.24 bits per heavy atom. The standard InChI is InChI=1S/C16H21N3O2/c1-2-5-13(6-3-1)11-17-9-4-10-20-12-15-18-16(19-21-15)14-7-8-14/h1-3,5-6,14,17H,4,7-12H2. The van der Waals surface area contributed by atoms with Crippen LogP contribution < -0.4 is 5.32 Å². The first-order valence-corrected chi connectivity index (χ1v) is 7.56. The van der Waals surface area contributed by atoms with E-state index < -0.39 is 0 Å². The zero-order valence-electron chi connectivity index (χ0n) is 12.1. The Kier molecular flexibility index (Phi) is 4.97. The molecule has 0 amide bonds. The molecule has 1 saturated carbocycles. The van der Waals surface area contributed by atoms with Crippen molar-refractivity contribution in [2.75, 3.05) is 13.2 Å². The summed E-state index contributed by atoms with van der Waals surface area (Å²) in [5.41, 5.74) is 1.30. The van der Waals surface area contributed by atoms with Gasteiger partial charge in [0.1, 0.15) is 6.61 Å². The van der Waals surface area contributed by atoms with Crippen molar-refractivity contribution in [1.82, 2.24) is 15.5 Å². The topological polar surface area (TPSA) is 60.2 Å². The molecule has 3 rings (SSSR count). The van der Waals surface area contributed by atoms with E-state index in [2.05, 4.69) is 39.7 Å². The van der Waals surface area contributed by atoms with E-state index in [9.17, 15) is 0 Å². The molecule has 1 fully saturated rings. The van der Waals surface area contributed by atoms with Crippen molar-refractivity contribution < 1.29 is 9.26 Å². The smallest absolute Gasteiger partial charge is 0.252 e. The highest BCUT2D eigenvalue weighted by atomic mass is 16.5. The van der Waals surface area contributed by atoms with Crippen LogP contribution >= 0.6 is 0 Å². The summed E-state index contributed by atoms with van der Waals surface area (Å²) in [5, 5.41) is 7.36. The molecule has 2 aromatic rings. The summed E-state index contributed by atoms with van der Waals surface area (Å²) in [6.07, 6.45) is 3.34. The van der Waals surface area contributed by atoms with Crippen molar-refractivity contribution in [2.24, 2.45) is 0 Å². The third-order valence-corrected chi connectivity index (χ3v) is 3.47. The maximum Gasteiger partial charge on any atom is 0.252 e. The van der Waals surface area contributed by atoms with Gasteiger partial charge >= 0.3 is 0 Å². The van der Waals surface area contributed by atoms with Crippen molar-refractivity contribution >= 4 is 0 Å². The second kappa shape index (κ2) is 7.33. The molecule has 0 aliphatic heterocycles. The lowest BCUT2D eigenvalue weighted by Gasteiger charge is -2.04. The van der Waals surface area contributed by atoms with E-state index in [1.807, 2.05) is 6.07 Å². The van der Waals surface area contributed by atoms with Gasteiger partial charge in [-0.3, -0.25) is 0 Å². The highest BCUT2D eigenvalue weighted by molar-refractivity contribution is 5.14. The van der Waals surface area contributed by atoms with E-state index >= 15 is 0 Å². The Hall–Kier alpha value is -1.72. The Bertz CT molecular complexity index is 537. The van der Waals surface area contributed by atoms with Gasteiger partial charge < -0.3 is 14.6 Å². The molecule has 1 aromatic heterocycles. The van der Waals surface area contributed by atoms with E-state index in [1.54, 1.807) is 0 Å². The van der Waals surface area contributed by atoms with Gasteiger partial charge in [0.05, 0.1) is 0 Å². The van der Waals surface area contributed by atoms with Gasteiger partial charge in [-0.25, -0.2) is 0 Å². The molecule has 1 aromatic carbocycles. The van der Waals surface area contributed by atoms with Gasteiger partial charge in [-0.15, -0.1) is 0 Å². The van der Waals surface area contributed by atoms with Gasteiger partial charge in [-0.1, -0.05) is 35.5 Å². The minimum absolute atomic E-state index is 0.415. The zero-order valence-corrected chi connectivity index (χ0v) is 12.1. The van der Waals surface area contributed by atoms with E-state index in [0.29, 0.717) is 25.0 Å². The second-order valence-electron chi connectivity index (χ2n) is 5.39. The average Bonchev–Trinajstić information content (AvgIpc) is 3.27. The SMILES string of the molecule is c1ccc(CNCCCOCc2nc(C3CC3)no2)cc1. The molecule has 1 aliphatic carbocycles. The Balaban J connectivity index is 1.23. The fourth-order valence-corrected chi connectivity index (χ4v) is 2.12. The number of nitrogens with one attached hydrogen (secondary N) is 1. The molecule has 112 valence electrons. The summed E-state index contributed by atoms with van der Waals surface area (Å²) in [6.45, 7) is 2.95. The van der Waals surface area contributed by atoms with Crippen LogP contribution in [0.5, 0.6) is 0 Å². The lowest BCUT2D eigenvalue weighted by molar-refractivity contribution is 0.0956. The van der Waals surface area contributed by atoms with Gasteiger partial charge in [-0.2, -0.15) is 4.98 Å². The third kappa shape index (κ3) is 4.65. The Morgan fingerprint density at radius 2 is 2.10 bits per heavy atom. The summed E-state index contributed by atoms with van der Waals surface area (Å²) >= 11 is 0. The number of ether oxygens (including phenoxy) is 1. The minimum atomic E-state index is 0.415. The van der Waals surface area contributed by atoms with Crippen molar-refractivity contribution in [2.45, 2.75) is 38.3 Å². The van der Waals surface area contributed by atoms with Crippen molar-refractivity contribution in [1.29, 1.82) is 0 Å². The van der Waals surface area contributed by atoms with E-state index in [4.69, 9.17) is 9.26 Å². The summed E-state index contributed by atoms with van der Waals surface area (Å²) in [6, 6.07) is 10.4. The van der Waals surface area contributed by atoms with Crippen molar-refractivity contribution in [3.63, 3.8) is 0 Å². The van der Waals surface area contributed by atoms with Crippen LogP contribution in [0.15, 0.2) is 34.9 Å². The molecule has 21 heavy (non-hydrogen) atoms. The summed E-state index contributed by atoms with van der Waals surface area (Å²) < 4.78 is 10.7. The summed E-state index contributed by atoms with van der Waals surface area (Å²) in [7, 11) is 0. The highest BCUT2D eigenvalue weighted by Gasteiger charge is 2.28. The van der Waals surface area contributed by atoms with Crippen LogP contribution in [0.1, 0.15) is 42.5 Å². The predicted molar refractivity (Wildman–Crippen MR) is 78.7 cm³/mol. The van der Waals surface area contributed by atoms with Gasteiger partial charge in [-0.05, 0) is 31.4 Å². The summed E-state index contributed by atoms with van der Waals surface area (Å²) in [5.74, 6) is 1.97. The Morgan fingerprint density at radius 3 is 2.90 bits per heavy atom. The van der Waals surface area contributed by atoms with Crippen LogP contribution in [0.3, 0.4) is 0 Å². The molecule has 0 radical (unpaired) electrons. The monoisotopic (exact) mass is 287 g/mol. The first-order valence-electron chi connectivity index (χ1n) is 7.56. The average molecular weight is 287 g/mol. The molecule has 0 saturated heterocycles. The van der Waals surface area contributed by atoms with Crippen LogP contribution in [-0.2, 0) is 17.9 Å². The first-order chi connectivity index (χ1) is 10.4. The number of hydrogen-bond acceptors (Lipinski definition) is 5. The zero-order chi connectivity index (χ0) is 14.3. The molecule has 1 heterocycles. The fourth-order valence-electron chi connectivity index (χ4n) is 2.12. The molecular weight excluding hydrogens is 266 g/mol. The first kappa shape index (κ1) is 14.2. The van der Waals surface area contributed by atoms with Gasteiger partial charge in [0, 0.05) is 19.1 Å². The lowest BCUT2D eigenvalue weighted by Crippen LogP contribution is -2.16. The fraction of sp³-hybridized carbons (Fsp3) is 0.500. The van der Waals surface area contributed by atoms with Crippen LogP contribution in [0.25, 0.3) is 0 Å². The molecule has 0 bridgehead atoms. The minimum Gasteiger partial charge on any atom is -0.372 e. The number of nitrogens with zero attached hydrogens (tertiary/aromatic N) is 2. The largest absolute Gasteiger partial charge is 0.372 e. The molecular formula is C16H21N3O2. The second-order valence-corrected chi connectivity index (χ2v) is 5.39. The number of rotatable bonds is 9. The molecule has 0 unspecified atom stereocenters. The van der Waals surface area contributed by atoms with Crippen molar-refractivity contribution in [3.8, 4) is 0 Å². The molecule has 0 atom stereocenters. The molecule has 1 aliphatic rings. The lowest BCUT2D eigenvalue weighted by atomic mass is 10.2. The van der Waals surface area contributed by atoms with Crippen LogP contribution in [0.2, 0.25) is 0 Å². The van der Waals surface area contributed by atoms with Crippen molar-refractivity contribution in [3.05, 3.63) is 47.6 Å². The highest BCUT2D eigenvalue weighted by Crippen LogP contribution is 2.38. The predicted octanol–water partition coefficient (Wildman–Crippen LogP) is 2.64. The normalized spacial score (nSPS) is 14.5.